The SMILES string of the molecule is CCOC(=O)C1=C(CN2C[C@H](C)C[C@H](C)C2)NC(=O)N[C@H]1c1ccc(Cl)cc1. The molecule has 2 aliphatic rings. The number of esters is 1. The van der Waals surface area contributed by atoms with Gasteiger partial charge >= 0.3 is 12.0 Å². The third kappa shape index (κ3) is 4.86. The summed E-state index contributed by atoms with van der Waals surface area (Å²) in [6.45, 7) is 8.92. The van der Waals surface area contributed by atoms with E-state index in [1.54, 1.807) is 19.1 Å². The highest BCUT2D eigenvalue weighted by Crippen LogP contribution is 2.30. The largest absolute Gasteiger partial charge is 0.463 e. The van der Waals surface area contributed by atoms with Crippen molar-refractivity contribution in [3.05, 3.63) is 46.1 Å². The third-order valence-electron chi connectivity index (χ3n) is 5.18. The molecule has 3 rings (SSSR count). The molecule has 7 heteroatoms. The molecule has 2 heterocycles. The summed E-state index contributed by atoms with van der Waals surface area (Å²) in [5.41, 5.74) is 1.86. The monoisotopic (exact) mass is 405 g/mol. The van der Waals surface area contributed by atoms with Gasteiger partial charge in [0.05, 0.1) is 18.2 Å². The first-order valence-electron chi connectivity index (χ1n) is 9.82. The first kappa shape index (κ1) is 20.7. The fraction of sp³-hybridized carbons (Fsp3) is 0.524. The van der Waals surface area contributed by atoms with Crippen molar-refractivity contribution in [3.8, 4) is 0 Å². The summed E-state index contributed by atoms with van der Waals surface area (Å²) in [5, 5.41) is 6.31. The number of hydrogen-bond acceptors (Lipinski definition) is 4. The van der Waals surface area contributed by atoms with Crippen LogP contribution in [0.1, 0.15) is 38.8 Å². The average molecular weight is 406 g/mol. The smallest absolute Gasteiger partial charge is 0.338 e. The van der Waals surface area contributed by atoms with E-state index in [0.717, 1.165) is 18.7 Å². The molecule has 1 fully saturated rings. The first-order valence-corrected chi connectivity index (χ1v) is 10.2. The van der Waals surface area contributed by atoms with Gasteiger partial charge in [-0.25, -0.2) is 9.59 Å². The molecule has 2 N–H and O–H groups in total. The van der Waals surface area contributed by atoms with Crippen molar-refractivity contribution in [1.29, 1.82) is 0 Å². The van der Waals surface area contributed by atoms with E-state index in [0.29, 0.717) is 34.7 Å². The lowest BCUT2D eigenvalue weighted by atomic mass is 9.91. The Hall–Kier alpha value is -2.05. The molecule has 0 bridgehead atoms. The van der Waals surface area contributed by atoms with Gasteiger partial charge in [-0.15, -0.1) is 0 Å². The second kappa shape index (κ2) is 8.97. The van der Waals surface area contributed by atoms with Crippen molar-refractivity contribution in [1.82, 2.24) is 15.5 Å². The van der Waals surface area contributed by atoms with Gasteiger partial charge in [-0.05, 0) is 42.9 Å². The molecule has 1 aromatic rings. The Balaban J connectivity index is 1.96. The van der Waals surface area contributed by atoms with Crippen LogP contribution in [0, 0.1) is 11.8 Å². The number of rotatable bonds is 5. The Bertz CT molecular complexity index is 753. The molecule has 2 amide bonds. The van der Waals surface area contributed by atoms with Gasteiger partial charge in [0.1, 0.15) is 0 Å². The zero-order chi connectivity index (χ0) is 20.3. The van der Waals surface area contributed by atoms with Crippen molar-refractivity contribution in [2.75, 3.05) is 26.2 Å². The van der Waals surface area contributed by atoms with Crippen molar-refractivity contribution in [2.45, 2.75) is 33.2 Å². The lowest BCUT2D eigenvalue weighted by Gasteiger charge is -2.37. The lowest BCUT2D eigenvalue weighted by Crippen LogP contribution is -2.50. The van der Waals surface area contributed by atoms with Gasteiger partial charge in [-0.1, -0.05) is 37.6 Å². The first-order chi connectivity index (χ1) is 13.4. The molecule has 152 valence electrons. The van der Waals surface area contributed by atoms with E-state index >= 15 is 0 Å². The van der Waals surface area contributed by atoms with Crippen LogP contribution in [0.15, 0.2) is 35.5 Å². The summed E-state index contributed by atoms with van der Waals surface area (Å²) in [4.78, 5) is 27.5. The van der Waals surface area contributed by atoms with E-state index in [9.17, 15) is 9.59 Å². The lowest BCUT2D eigenvalue weighted by molar-refractivity contribution is -0.139. The van der Waals surface area contributed by atoms with Gasteiger partial charge in [0.25, 0.3) is 0 Å². The minimum atomic E-state index is -0.570. The molecule has 28 heavy (non-hydrogen) atoms. The van der Waals surface area contributed by atoms with Crippen LogP contribution in [-0.4, -0.2) is 43.1 Å². The number of likely N-dealkylation sites (tertiary alicyclic amines) is 1. The summed E-state index contributed by atoms with van der Waals surface area (Å²) in [6, 6.07) is 6.25. The van der Waals surface area contributed by atoms with Crippen molar-refractivity contribution in [3.63, 3.8) is 0 Å². The van der Waals surface area contributed by atoms with Gasteiger partial charge in [0.15, 0.2) is 0 Å². The van der Waals surface area contributed by atoms with Crippen LogP contribution in [0.4, 0.5) is 4.79 Å². The molecule has 0 aliphatic carbocycles. The van der Waals surface area contributed by atoms with E-state index in [1.807, 2.05) is 12.1 Å². The van der Waals surface area contributed by atoms with Crippen LogP contribution in [0.25, 0.3) is 0 Å². The van der Waals surface area contributed by atoms with E-state index in [-0.39, 0.29) is 12.6 Å². The number of hydrogen-bond donors (Lipinski definition) is 2. The molecular formula is C21H28ClN3O3. The van der Waals surface area contributed by atoms with Crippen LogP contribution in [0.2, 0.25) is 5.02 Å². The van der Waals surface area contributed by atoms with E-state index in [1.165, 1.54) is 6.42 Å². The van der Waals surface area contributed by atoms with Crippen LogP contribution < -0.4 is 10.6 Å². The van der Waals surface area contributed by atoms with Crippen LogP contribution in [0.3, 0.4) is 0 Å². The average Bonchev–Trinajstić information content (AvgIpc) is 2.61. The number of carbonyl (C=O) groups excluding carboxylic acids is 2. The third-order valence-corrected chi connectivity index (χ3v) is 5.43. The number of amides is 2. The highest BCUT2D eigenvalue weighted by atomic mass is 35.5. The molecule has 1 aromatic carbocycles. The maximum absolute atomic E-state index is 12.8. The molecule has 0 saturated carbocycles. The number of piperidine rings is 1. The molecule has 0 unspecified atom stereocenters. The fourth-order valence-corrected chi connectivity index (χ4v) is 4.37. The minimum Gasteiger partial charge on any atom is -0.463 e. The van der Waals surface area contributed by atoms with Crippen LogP contribution in [-0.2, 0) is 9.53 Å². The molecule has 2 aliphatic heterocycles. The maximum Gasteiger partial charge on any atom is 0.338 e. The number of carbonyl (C=O) groups is 2. The molecule has 0 aromatic heterocycles. The summed E-state index contributed by atoms with van der Waals surface area (Å²) < 4.78 is 5.32. The number of urea groups is 1. The maximum atomic E-state index is 12.8. The van der Waals surface area contributed by atoms with Crippen LogP contribution in [0.5, 0.6) is 0 Å². The van der Waals surface area contributed by atoms with Crippen molar-refractivity contribution < 1.29 is 14.3 Å². The highest BCUT2D eigenvalue weighted by Gasteiger charge is 2.35. The summed E-state index contributed by atoms with van der Waals surface area (Å²) in [5.74, 6) is 0.753. The Kier molecular flexibility index (Phi) is 6.62. The molecule has 6 nitrogen and oxygen atoms in total. The number of nitrogens with one attached hydrogen (secondary N) is 2. The Morgan fingerprint density at radius 3 is 2.46 bits per heavy atom. The normalized spacial score (nSPS) is 25.9. The summed E-state index contributed by atoms with van der Waals surface area (Å²) in [7, 11) is 0. The summed E-state index contributed by atoms with van der Waals surface area (Å²) in [6.07, 6.45) is 1.20. The van der Waals surface area contributed by atoms with Gasteiger partial charge in [-0.2, -0.15) is 0 Å². The molecule has 1 saturated heterocycles. The van der Waals surface area contributed by atoms with Crippen molar-refractivity contribution in [2.24, 2.45) is 11.8 Å². The molecular weight excluding hydrogens is 378 g/mol. The number of benzene rings is 1. The number of ether oxygens (including phenoxy) is 1. The van der Waals surface area contributed by atoms with E-state index < -0.39 is 12.0 Å². The number of halogens is 1. The molecule has 0 radical (unpaired) electrons. The minimum absolute atomic E-state index is 0.273. The summed E-state index contributed by atoms with van der Waals surface area (Å²) >= 11 is 6.00. The van der Waals surface area contributed by atoms with Gasteiger partial charge in [0, 0.05) is 30.4 Å². The second-order valence-corrected chi connectivity index (χ2v) is 8.27. The fourth-order valence-electron chi connectivity index (χ4n) is 4.24. The van der Waals surface area contributed by atoms with Crippen LogP contribution >= 0.6 is 11.6 Å². The van der Waals surface area contributed by atoms with E-state index in [4.69, 9.17) is 16.3 Å². The Morgan fingerprint density at radius 1 is 1.21 bits per heavy atom. The zero-order valence-corrected chi connectivity index (χ0v) is 17.4. The standard InChI is InChI=1S/C21H28ClN3O3/c1-4-28-20(26)18-17(12-25-10-13(2)9-14(3)11-25)23-21(27)24-19(18)15-5-7-16(22)8-6-15/h5-8,13-14,19H,4,9-12H2,1-3H3,(H2,23,24,27)/t13-,14+,19-/m0/s1. The van der Waals surface area contributed by atoms with Crippen molar-refractivity contribution >= 4 is 23.6 Å². The topological polar surface area (TPSA) is 70.7 Å². The predicted molar refractivity (Wildman–Crippen MR) is 109 cm³/mol. The van der Waals surface area contributed by atoms with Gasteiger partial charge < -0.3 is 15.4 Å². The number of nitrogens with zero attached hydrogens (tertiary/aromatic N) is 1. The van der Waals surface area contributed by atoms with Gasteiger partial charge in [0.2, 0.25) is 0 Å². The van der Waals surface area contributed by atoms with Gasteiger partial charge in [-0.3, -0.25) is 4.90 Å². The zero-order valence-electron chi connectivity index (χ0n) is 16.6. The Labute approximate surface area is 171 Å². The molecule has 3 atom stereocenters. The molecule has 0 spiro atoms. The predicted octanol–water partition coefficient (Wildman–Crippen LogP) is 3.49. The Morgan fingerprint density at radius 2 is 1.86 bits per heavy atom. The quantitative estimate of drug-likeness (QED) is 0.735. The van der Waals surface area contributed by atoms with E-state index in [2.05, 4.69) is 29.4 Å². The highest BCUT2D eigenvalue weighted by molar-refractivity contribution is 6.30. The second-order valence-electron chi connectivity index (χ2n) is 7.84.